The van der Waals surface area contributed by atoms with Gasteiger partial charge in [0, 0.05) is 12.2 Å². The number of carboxylic acids is 2. The quantitative estimate of drug-likeness (QED) is 0.505. The van der Waals surface area contributed by atoms with Crippen LogP contribution in [-0.4, -0.2) is 48.6 Å². The minimum atomic E-state index is -1.22. The van der Waals surface area contributed by atoms with Gasteiger partial charge in [0.05, 0.1) is 18.8 Å². The Kier molecular flexibility index (Phi) is 8.03. The van der Waals surface area contributed by atoms with Crippen molar-refractivity contribution < 1.29 is 34.0 Å². The van der Waals surface area contributed by atoms with E-state index in [4.69, 9.17) is 19.3 Å². The number of hydrogen-bond acceptors (Lipinski definition) is 5. The second-order valence-electron chi connectivity index (χ2n) is 5.50. The molecule has 0 saturated carbocycles. The number of benzene rings is 2. The maximum Gasteiger partial charge on any atom is 0.339 e. The van der Waals surface area contributed by atoms with Crippen LogP contribution in [0.1, 0.15) is 33.2 Å². The van der Waals surface area contributed by atoms with E-state index in [1.54, 1.807) is 24.3 Å². The highest BCUT2D eigenvalue weighted by molar-refractivity contribution is 5.94. The van der Waals surface area contributed by atoms with Crippen LogP contribution < -0.4 is 4.74 Å². The molecule has 0 aliphatic heterocycles. The van der Waals surface area contributed by atoms with Crippen molar-refractivity contribution in [2.45, 2.75) is 6.92 Å². The number of rotatable bonds is 9. The predicted octanol–water partition coefficient (Wildman–Crippen LogP) is 3.28. The van der Waals surface area contributed by atoms with Gasteiger partial charge in [-0.05, 0) is 43.3 Å². The van der Waals surface area contributed by atoms with Gasteiger partial charge in [0.2, 0.25) is 0 Å². The second-order valence-corrected chi connectivity index (χ2v) is 5.50. The molecule has 146 valence electrons. The standard InChI is InChI=1S/C21H20O7/c1-2-26-11-12-27-10-4-6-15-5-3-7-17(13-15)28-19-14-16(20(22)23)8-9-18(19)21(24)25/h3,5,7-9,13-14H,2,10-12H2,1H3,(H,22,23)(H,24,25). The highest BCUT2D eigenvalue weighted by Crippen LogP contribution is 2.27. The molecule has 2 rings (SSSR count). The fourth-order valence-corrected chi connectivity index (χ4v) is 2.20. The molecule has 0 saturated heterocycles. The fraction of sp³-hybridized carbons (Fsp3) is 0.238. The van der Waals surface area contributed by atoms with Crippen LogP contribution in [0.2, 0.25) is 0 Å². The van der Waals surface area contributed by atoms with Crippen molar-refractivity contribution in [1.29, 1.82) is 0 Å². The summed E-state index contributed by atoms with van der Waals surface area (Å²) in [6.07, 6.45) is 0. The molecule has 2 N–H and O–H groups in total. The lowest BCUT2D eigenvalue weighted by atomic mass is 10.1. The molecular weight excluding hydrogens is 364 g/mol. The molecule has 0 atom stereocenters. The van der Waals surface area contributed by atoms with Gasteiger partial charge < -0.3 is 24.4 Å². The molecule has 7 heteroatoms. The average molecular weight is 384 g/mol. The second kappa shape index (κ2) is 10.7. The molecule has 0 heterocycles. The van der Waals surface area contributed by atoms with Crippen LogP contribution in [0.3, 0.4) is 0 Å². The molecule has 0 aliphatic rings. The number of carbonyl (C=O) groups is 2. The van der Waals surface area contributed by atoms with Crippen LogP contribution >= 0.6 is 0 Å². The summed E-state index contributed by atoms with van der Waals surface area (Å²) in [5.41, 5.74) is 0.446. The molecule has 0 aromatic heterocycles. The maximum atomic E-state index is 11.4. The van der Waals surface area contributed by atoms with Gasteiger partial charge in [-0.3, -0.25) is 0 Å². The van der Waals surface area contributed by atoms with Gasteiger partial charge in [-0.25, -0.2) is 9.59 Å². The fourth-order valence-electron chi connectivity index (χ4n) is 2.20. The molecule has 0 amide bonds. The monoisotopic (exact) mass is 384 g/mol. The van der Waals surface area contributed by atoms with Gasteiger partial charge in [0.1, 0.15) is 23.7 Å². The predicted molar refractivity (Wildman–Crippen MR) is 101 cm³/mol. The van der Waals surface area contributed by atoms with E-state index >= 15 is 0 Å². The normalized spacial score (nSPS) is 10.0. The first-order valence-corrected chi connectivity index (χ1v) is 8.54. The third kappa shape index (κ3) is 6.43. The van der Waals surface area contributed by atoms with Gasteiger partial charge in [-0.1, -0.05) is 17.9 Å². The summed E-state index contributed by atoms with van der Waals surface area (Å²) in [5.74, 6) is 3.68. The number of hydrogen-bond donors (Lipinski definition) is 2. The minimum absolute atomic E-state index is 0.0585. The Morgan fingerprint density at radius 3 is 2.50 bits per heavy atom. The van der Waals surface area contributed by atoms with E-state index in [9.17, 15) is 14.7 Å². The lowest BCUT2D eigenvalue weighted by Gasteiger charge is -2.10. The van der Waals surface area contributed by atoms with Gasteiger partial charge in [0.25, 0.3) is 0 Å². The lowest BCUT2D eigenvalue weighted by molar-refractivity contribution is 0.0662. The smallest absolute Gasteiger partial charge is 0.339 e. The van der Waals surface area contributed by atoms with Crippen molar-refractivity contribution >= 4 is 11.9 Å². The molecule has 2 aromatic rings. The van der Waals surface area contributed by atoms with Gasteiger partial charge in [0.15, 0.2) is 0 Å². The summed E-state index contributed by atoms with van der Waals surface area (Å²) < 4.78 is 16.1. The SMILES string of the molecule is CCOCCOCC#Cc1cccc(Oc2cc(C(=O)O)ccc2C(=O)O)c1. The number of aromatic carboxylic acids is 2. The summed E-state index contributed by atoms with van der Waals surface area (Å²) in [6, 6.07) is 10.3. The van der Waals surface area contributed by atoms with Crippen LogP contribution in [-0.2, 0) is 9.47 Å². The van der Waals surface area contributed by atoms with E-state index in [-0.39, 0.29) is 23.5 Å². The zero-order valence-electron chi connectivity index (χ0n) is 15.3. The highest BCUT2D eigenvalue weighted by atomic mass is 16.5. The summed E-state index contributed by atoms with van der Waals surface area (Å²) in [4.78, 5) is 22.5. The first-order chi connectivity index (χ1) is 13.5. The maximum absolute atomic E-state index is 11.4. The molecule has 2 aromatic carbocycles. The summed E-state index contributed by atoms with van der Waals surface area (Å²) in [5, 5.41) is 18.4. The van der Waals surface area contributed by atoms with E-state index in [0.717, 1.165) is 0 Å². The topological polar surface area (TPSA) is 102 Å². The molecule has 0 unspecified atom stereocenters. The summed E-state index contributed by atoms with van der Waals surface area (Å²) >= 11 is 0. The molecule has 0 spiro atoms. The van der Waals surface area contributed by atoms with Crippen molar-refractivity contribution in [3.63, 3.8) is 0 Å². The van der Waals surface area contributed by atoms with Gasteiger partial charge >= 0.3 is 11.9 Å². The minimum Gasteiger partial charge on any atom is -0.478 e. The molecule has 0 aliphatic carbocycles. The lowest BCUT2D eigenvalue weighted by Crippen LogP contribution is -2.04. The van der Waals surface area contributed by atoms with Gasteiger partial charge in [-0.2, -0.15) is 0 Å². The molecule has 0 fully saturated rings. The Bertz CT molecular complexity index is 893. The zero-order valence-corrected chi connectivity index (χ0v) is 15.3. The number of carboxylic acid groups (broad SMARTS) is 2. The Labute approximate surface area is 162 Å². The van der Waals surface area contributed by atoms with Crippen molar-refractivity contribution in [3.05, 3.63) is 59.2 Å². The Hall–Kier alpha value is -3.34. The first kappa shape index (κ1) is 21.0. The van der Waals surface area contributed by atoms with E-state index in [2.05, 4.69) is 11.8 Å². The van der Waals surface area contributed by atoms with Crippen LogP contribution in [0, 0.1) is 11.8 Å². The molecular formula is C21H20O7. The Morgan fingerprint density at radius 2 is 1.79 bits per heavy atom. The van der Waals surface area contributed by atoms with Crippen molar-refractivity contribution in [2.24, 2.45) is 0 Å². The summed E-state index contributed by atoms with van der Waals surface area (Å²) in [7, 11) is 0. The molecule has 7 nitrogen and oxygen atoms in total. The average Bonchev–Trinajstić information content (AvgIpc) is 2.67. The summed E-state index contributed by atoms with van der Waals surface area (Å²) in [6.45, 7) is 3.78. The third-order valence-electron chi connectivity index (χ3n) is 3.50. The first-order valence-electron chi connectivity index (χ1n) is 8.54. The Morgan fingerprint density at radius 1 is 1.00 bits per heavy atom. The van der Waals surface area contributed by atoms with Crippen LogP contribution in [0.4, 0.5) is 0 Å². The van der Waals surface area contributed by atoms with E-state index in [1.165, 1.54) is 18.2 Å². The van der Waals surface area contributed by atoms with Crippen molar-refractivity contribution in [2.75, 3.05) is 26.4 Å². The highest BCUT2D eigenvalue weighted by Gasteiger charge is 2.15. The van der Waals surface area contributed by atoms with E-state index < -0.39 is 11.9 Å². The third-order valence-corrected chi connectivity index (χ3v) is 3.50. The van der Waals surface area contributed by atoms with Gasteiger partial charge in [-0.15, -0.1) is 0 Å². The largest absolute Gasteiger partial charge is 0.478 e. The van der Waals surface area contributed by atoms with Crippen molar-refractivity contribution in [3.8, 4) is 23.3 Å². The van der Waals surface area contributed by atoms with Crippen LogP contribution in [0.25, 0.3) is 0 Å². The Balaban J connectivity index is 2.10. The molecule has 0 bridgehead atoms. The van der Waals surface area contributed by atoms with E-state index in [0.29, 0.717) is 31.1 Å². The van der Waals surface area contributed by atoms with Crippen LogP contribution in [0.5, 0.6) is 11.5 Å². The van der Waals surface area contributed by atoms with E-state index in [1.807, 2.05) is 6.92 Å². The zero-order chi connectivity index (χ0) is 20.4. The van der Waals surface area contributed by atoms with Crippen LogP contribution in [0.15, 0.2) is 42.5 Å². The van der Waals surface area contributed by atoms with Crippen molar-refractivity contribution in [1.82, 2.24) is 0 Å². The number of ether oxygens (including phenoxy) is 3. The molecule has 28 heavy (non-hydrogen) atoms. The molecule has 0 radical (unpaired) electrons.